The maximum Gasteiger partial charge on any atom is 0.253 e. The largest absolute Gasteiger partial charge is 0.493 e. The van der Waals surface area contributed by atoms with Gasteiger partial charge in [0.2, 0.25) is 0 Å². The fourth-order valence-electron chi connectivity index (χ4n) is 5.51. The predicted octanol–water partition coefficient (Wildman–Crippen LogP) is 6.20. The molecule has 0 bridgehead atoms. The van der Waals surface area contributed by atoms with E-state index >= 15 is 0 Å². The van der Waals surface area contributed by atoms with E-state index in [1.807, 2.05) is 24.0 Å². The van der Waals surface area contributed by atoms with Gasteiger partial charge in [-0.05, 0) is 69.6 Å². The first-order chi connectivity index (χ1) is 18.0. The number of aliphatic imine (C=N–C) groups is 1. The number of likely N-dealkylation sites (N-methyl/N-ethyl adjacent to an activating group) is 1. The minimum atomic E-state index is 0. The van der Waals surface area contributed by atoms with E-state index in [9.17, 15) is 4.79 Å². The third-order valence-corrected chi connectivity index (χ3v) is 7.62. The number of ether oxygens (including phenoxy) is 2. The standard InChI is InChI=1S/C31H43N3O3.ClH/c1-6-9-16-34(17-10-7-2)31(35)23-13-11-22(12-14-23)30-25-20-28(36-5)29(37-8-3)19-24(25)26-21-33(4)18-15-27(26)32-30;/h11-14,19-20,26-27H,6-10,15-18,21H2,1-5H3;1H/t26-,27-;/m0./s1. The van der Waals surface area contributed by atoms with Crippen LogP contribution in [0.15, 0.2) is 41.4 Å². The smallest absolute Gasteiger partial charge is 0.253 e. The van der Waals surface area contributed by atoms with Gasteiger partial charge in [-0.2, -0.15) is 0 Å². The van der Waals surface area contributed by atoms with E-state index in [0.29, 0.717) is 12.5 Å². The van der Waals surface area contributed by atoms with Gasteiger partial charge in [-0.15, -0.1) is 12.4 Å². The van der Waals surface area contributed by atoms with Crippen LogP contribution >= 0.6 is 12.4 Å². The van der Waals surface area contributed by atoms with Gasteiger partial charge in [0.25, 0.3) is 5.91 Å². The summed E-state index contributed by atoms with van der Waals surface area (Å²) in [6.45, 7) is 10.6. The zero-order valence-electron chi connectivity index (χ0n) is 23.7. The van der Waals surface area contributed by atoms with Crippen molar-refractivity contribution in [2.75, 3.05) is 46.9 Å². The highest BCUT2D eigenvalue weighted by molar-refractivity contribution is 6.15. The first-order valence-electron chi connectivity index (χ1n) is 14.0. The summed E-state index contributed by atoms with van der Waals surface area (Å²) >= 11 is 0. The zero-order valence-corrected chi connectivity index (χ0v) is 24.5. The Labute approximate surface area is 234 Å². The lowest BCUT2D eigenvalue weighted by Crippen LogP contribution is -2.41. The summed E-state index contributed by atoms with van der Waals surface area (Å²) in [4.78, 5) is 23.0. The van der Waals surface area contributed by atoms with E-state index in [4.69, 9.17) is 14.5 Å². The average molecular weight is 542 g/mol. The fourth-order valence-corrected chi connectivity index (χ4v) is 5.51. The van der Waals surface area contributed by atoms with Gasteiger partial charge >= 0.3 is 0 Å². The van der Waals surface area contributed by atoms with Crippen LogP contribution in [0.25, 0.3) is 0 Å². The average Bonchev–Trinajstić information content (AvgIpc) is 2.92. The highest BCUT2D eigenvalue weighted by atomic mass is 35.5. The first kappa shape index (κ1) is 30.0. The quantitative estimate of drug-likeness (QED) is 0.340. The van der Waals surface area contributed by atoms with Crippen molar-refractivity contribution in [1.82, 2.24) is 9.80 Å². The lowest BCUT2D eigenvalue weighted by Gasteiger charge is -2.39. The predicted molar refractivity (Wildman–Crippen MR) is 158 cm³/mol. The summed E-state index contributed by atoms with van der Waals surface area (Å²) in [7, 11) is 3.87. The molecule has 2 aliphatic rings. The molecule has 2 atom stereocenters. The summed E-state index contributed by atoms with van der Waals surface area (Å²) in [5, 5.41) is 0. The fraction of sp³-hybridized carbons (Fsp3) is 0.548. The number of hydrogen-bond acceptors (Lipinski definition) is 5. The summed E-state index contributed by atoms with van der Waals surface area (Å²) < 4.78 is 11.6. The molecule has 0 radical (unpaired) electrons. The molecule has 2 aromatic carbocycles. The minimum Gasteiger partial charge on any atom is -0.493 e. The van der Waals surface area contributed by atoms with E-state index < -0.39 is 0 Å². The lowest BCUT2D eigenvalue weighted by atomic mass is 9.79. The van der Waals surface area contributed by atoms with Crippen LogP contribution in [0.2, 0.25) is 0 Å². The number of carbonyl (C=O) groups is 1. The van der Waals surface area contributed by atoms with Crippen molar-refractivity contribution >= 4 is 24.0 Å². The second-order valence-electron chi connectivity index (χ2n) is 10.3. The number of carbonyl (C=O) groups excluding carboxylic acids is 1. The third kappa shape index (κ3) is 6.52. The molecular weight excluding hydrogens is 498 g/mol. The monoisotopic (exact) mass is 541 g/mol. The maximum absolute atomic E-state index is 13.3. The van der Waals surface area contributed by atoms with Crippen LogP contribution in [0.1, 0.15) is 85.8 Å². The molecule has 0 aromatic heterocycles. The van der Waals surface area contributed by atoms with Gasteiger partial charge in [0.05, 0.1) is 25.5 Å². The number of unbranched alkanes of at least 4 members (excludes halogenated alkanes) is 2. The second kappa shape index (κ2) is 14.0. The van der Waals surface area contributed by atoms with Gasteiger partial charge in [0.15, 0.2) is 11.5 Å². The van der Waals surface area contributed by atoms with Crippen molar-refractivity contribution in [3.05, 3.63) is 58.7 Å². The van der Waals surface area contributed by atoms with Gasteiger partial charge in [0.1, 0.15) is 0 Å². The lowest BCUT2D eigenvalue weighted by molar-refractivity contribution is 0.0751. The Bertz CT molecular complexity index is 1090. The third-order valence-electron chi connectivity index (χ3n) is 7.62. The number of hydrogen-bond donors (Lipinski definition) is 0. The number of likely N-dealkylation sites (tertiary alicyclic amines) is 1. The maximum atomic E-state index is 13.3. The number of piperidine rings is 1. The molecule has 2 heterocycles. The summed E-state index contributed by atoms with van der Waals surface area (Å²) in [5.74, 6) is 1.97. The number of halogens is 1. The molecule has 0 spiro atoms. The highest BCUT2D eigenvalue weighted by Gasteiger charge is 2.36. The van der Waals surface area contributed by atoms with Crippen LogP contribution in [-0.2, 0) is 0 Å². The Morgan fingerprint density at radius 2 is 1.74 bits per heavy atom. The molecule has 2 aromatic rings. The molecule has 38 heavy (non-hydrogen) atoms. The van der Waals surface area contributed by atoms with Crippen molar-refractivity contribution < 1.29 is 14.3 Å². The number of benzene rings is 2. The number of nitrogens with zero attached hydrogens (tertiary/aromatic N) is 3. The Morgan fingerprint density at radius 3 is 2.34 bits per heavy atom. The molecule has 7 heteroatoms. The van der Waals surface area contributed by atoms with Gasteiger partial charge < -0.3 is 19.3 Å². The number of fused-ring (bicyclic) bond motifs is 3. The van der Waals surface area contributed by atoms with E-state index in [2.05, 4.69) is 50.1 Å². The molecule has 1 fully saturated rings. The molecule has 2 aliphatic heterocycles. The zero-order chi connectivity index (χ0) is 26.4. The van der Waals surface area contributed by atoms with Crippen molar-refractivity contribution in [3.8, 4) is 11.5 Å². The van der Waals surface area contributed by atoms with Crippen LogP contribution in [0.4, 0.5) is 0 Å². The number of rotatable bonds is 11. The molecule has 0 saturated carbocycles. The van der Waals surface area contributed by atoms with Crippen molar-refractivity contribution in [3.63, 3.8) is 0 Å². The molecular formula is C31H44ClN3O3. The van der Waals surface area contributed by atoms with Crippen molar-refractivity contribution in [1.29, 1.82) is 0 Å². The Morgan fingerprint density at radius 1 is 1.05 bits per heavy atom. The van der Waals surface area contributed by atoms with E-state index in [0.717, 1.165) is 92.2 Å². The normalized spacial score (nSPS) is 18.5. The molecule has 208 valence electrons. The van der Waals surface area contributed by atoms with Gasteiger partial charge in [0, 0.05) is 42.2 Å². The summed E-state index contributed by atoms with van der Waals surface area (Å²) in [6, 6.07) is 12.5. The first-order valence-corrected chi connectivity index (χ1v) is 14.0. The van der Waals surface area contributed by atoms with Crippen LogP contribution in [0.3, 0.4) is 0 Å². The molecule has 6 nitrogen and oxygen atoms in total. The SMILES string of the molecule is CCCCN(CCCC)C(=O)c1ccc(C2=N[C@H]3CCN(C)C[C@H]3c3cc(OCC)c(OC)cc32)cc1.Cl. The molecule has 0 unspecified atom stereocenters. The van der Waals surface area contributed by atoms with Crippen LogP contribution in [0, 0.1) is 0 Å². The highest BCUT2D eigenvalue weighted by Crippen LogP contribution is 2.42. The van der Waals surface area contributed by atoms with E-state index in [-0.39, 0.29) is 24.4 Å². The van der Waals surface area contributed by atoms with Crippen molar-refractivity contribution in [2.24, 2.45) is 4.99 Å². The summed E-state index contributed by atoms with van der Waals surface area (Å²) in [6.07, 6.45) is 5.26. The molecule has 0 aliphatic carbocycles. The second-order valence-corrected chi connectivity index (χ2v) is 10.3. The Hall–Kier alpha value is -2.57. The number of amides is 1. The van der Waals surface area contributed by atoms with Crippen LogP contribution in [0.5, 0.6) is 11.5 Å². The minimum absolute atomic E-state index is 0. The van der Waals surface area contributed by atoms with Crippen LogP contribution in [-0.4, -0.2) is 74.4 Å². The topological polar surface area (TPSA) is 54.4 Å². The molecule has 1 saturated heterocycles. The Kier molecular flexibility index (Phi) is 11.0. The van der Waals surface area contributed by atoms with Crippen LogP contribution < -0.4 is 9.47 Å². The molecule has 4 rings (SSSR count). The molecule has 1 amide bonds. The van der Waals surface area contributed by atoms with E-state index in [1.165, 1.54) is 5.56 Å². The van der Waals surface area contributed by atoms with Gasteiger partial charge in [-0.3, -0.25) is 9.79 Å². The number of methoxy groups -OCH3 is 1. The molecule has 0 N–H and O–H groups in total. The Balaban J connectivity index is 0.00000400. The summed E-state index contributed by atoms with van der Waals surface area (Å²) in [5.41, 5.74) is 5.14. The van der Waals surface area contributed by atoms with E-state index in [1.54, 1.807) is 7.11 Å². The van der Waals surface area contributed by atoms with Crippen molar-refractivity contribution in [2.45, 2.75) is 64.8 Å². The van der Waals surface area contributed by atoms with Gasteiger partial charge in [-0.25, -0.2) is 0 Å². The van der Waals surface area contributed by atoms with Gasteiger partial charge in [-0.1, -0.05) is 38.8 Å².